The molecule has 156 valence electrons. The number of rotatable bonds is 4. The Morgan fingerprint density at radius 2 is 2.03 bits per heavy atom. The van der Waals surface area contributed by atoms with Crippen LogP contribution in [0.2, 0.25) is 0 Å². The Morgan fingerprint density at radius 3 is 2.74 bits per heavy atom. The number of anilines is 2. The molecule has 0 spiro atoms. The number of nitro benzene ring substituents is 1. The van der Waals surface area contributed by atoms with E-state index < -0.39 is 16.4 Å². The average molecular weight is 418 g/mol. The fraction of sp³-hybridized carbons (Fsp3) is 0.136. The van der Waals surface area contributed by atoms with Crippen LogP contribution >= 0.6 is 0 Å². The van der Waals surface area contributed by atoms with E-state index in [4.69, 9.17) is 5.26 Å². The number of nitriles is 1. The fourth-order valence-corrected chi connectivity index (χ4v) is 3.28. The van der Waals surface area contributed by atoms with Crippen molar-refractivity contribution >= 4 is 28.2 Å². The van der Waals surface area contributed by atoms with Gasteiger partial charge in [-0.2, -0.15) is 9.65 Å². The summed E-state index contributed by atoms with van der Waals surface area (Å²) in [6.07, 6.45) is 3.48. The normalized spacial score (nSPS) is 10.4. The van der Waals surface area contributed by atoms with Crippen LogP contribution in [0.5, 0.6) is 0 Å². The van der Waals surface area contributed by atoms with Crippen molar-refractivity contribution in [2.45, 2.75) is 14.4 Å². The molecule has 0 fully saturated rings. The minimum atomic E-state index is -0.898. The monoisotopic (exact) mass is 418 g/mol. The van der Waals surface area contributed by atoms with Gasteiger partial charge in [0.05, 0.1) is 27.9 Å². The second-order valence-electron chi connectivity index (χ2n) is 6.76. The minimum absolute atomic E-state index is 0. The van der Waals surface area contributed by atoms with Gasteiger partial charge in [0.2, 0.25) is 11.8 Å². The number of nitro groups is 1. The SMILES string of the molecule is C.Cc1cc(F)c([N+](=O)[O-])cc1Nc1nccc(-c2cn(C)c3cc(C#N)ccc23)n1. The van der Waals surface area contributed by atoms with Gasteiger partial charge in [-0.05, 0) is 36.8 Å². The maximum atomic E-state index is 13.8. The van der Waals surface area contributed by atoms with E-state index in [1.165, 1.54) is 0 Å². The van der Waals surface area contributed by atoms with Crippen LogP contribution in [-0.4, -0.2) is 19.5 Å². The van der Waals surface area contributed by atoms with E-state index in [1.54, 1.807) is 31.3 Å². The highest BCUT2D eigenvalue weighted by Gasteiger charge is 2.18. The molecule has 0 aliphatic rings. The molecule has 1 N–H and O–H groups in total. The van der Waals surface area contributed by atoms with Crippen LogP contribution in [0.15, 0.2) is 48.8 Å². The lowest BCUT2D eigenvalue weighted by atomic mass is 10.1. The van der Waals surface area contributed by atoms with Crippen LogP contribution in [0.3, 0.4) is 0 Å². The topological polar surface area (TPSA) is 110 Å². The lowest BCUT2D eigenvalue weighted by molar-refractivity contribution is -0.387. The summed E-state index contributed by atoms with van der Waals surface area (Å²) in [6.45, 7) is 1.64. The molecule has 2 aromatic carbocycles. The largest absolute Gasteiger partial charge is 0.350 e. The number of hydrogen-bond acceptors (Lipinski definition) is 6. The van der Waals surface area contributed by atoms with Gasteiger partial charge < -0.3 is 9.88 Å². The van der Waals surface area contributed by atoms with Crippen LogP contribution in [-0.2, 0) is 7.05 Å². The predicted octanol–water partition coefficient (Wildman–Crippen LogP) is 5.24. The lowest BCUT2D eigenvalue weighted by Gasteiger charge is -2.09. The van der Waals surface area contributed by atoms with Gasteiger partial charge in [-0.25, -0.2) is 9.97 Å². The molecule has 0 aliphatic heterocycles. The first-order chi connectivity index (χ1) is 14.4. The third kappa shape index (κ3) is 3.91. The van der Waals surface area contributed by atoms with Gasteiger partial charge in [-0.15, -0.1) is 0 Å². The molecule has 0 atom stereocenters. The van der Waals surface area contributed by atoms with Crippen LogP contribution < -0.4 is 5.32 Å². The highest BCUT2D eigenvalue weighted by atomic mass is 19.1. The number of benzene rings is 2. The van der Waals surface area contributed by atoms with Crippen molar-refractivity contribution in [3.8, 4) is 17.3 Å². The van der Waals surface area contributed by atoms with Crippen LogP contribution in [0.4, 0.5) is 21.7 Å². The van der Waals surface area contributed by atoms with Crippen molar-refractivity contribution in [1.82, 2.24) is 14.5 Å². The zero-order valence-electron chi connectivity index (χ0n) is 16.0. The van der Waals surface area contributed by atoms with E-state index in [0.29, 0.717) is 22.5 Å². The van der Waals surface area contributed by atoms with E-state index in [2.05, 4.69) is 21.4 Å². The summed E-state index contributed by atoms with van der Waals surface area (Å²) in [5, 5.41) is 24.0. The third-order valence-electron chi connectivity index (χ3n) is 4.79. The number of hydrogen-bond donors (Lipinski definition) is 1. The summed E-state index contributed by atoms with van der Waals surface area (Å²) in [7, 11) is 1.88. The smallest absolute Gasteiger partial charge is 0.306 e. The molecule has 0 aliphatic carbocycles. The van der Waals surface area contributed by atoms with E-state index >= 15 is 0 Å². The first kappa shape index (κ1) is 21.4. The Kier molecular flexibility index (Phi) is 5.66. The second kappa shape index (κ2) is 8.20. The fourth-order valence-electron chi connectivity index (χ4n) is 3.28. The summed E-state index contributed by atoms with van der Waals surface area (Å²) in [5.74, 6) is -0.674. The quantitative estimate of drug-likeness (QED) is 0.358. The molecule has 2 aromatic heterocycles. The summed E-state index contributed by atoms with van der Waals surface area (Å²) in [6, 6.07) is 11.5. The molecule has 8 nitrogen and oxygen atoms in total. The number of halogens is 1. The first-order valence-electron chi connectivity index (χ1n) is 8.91. The molecular weight excluding hydrogens is 399 g/mol. The van der Waals surface area contributed by atoms with Gasteiger partial charge in [0.25, 0.3) is 0 Å². The molecule has 0 saturated heterocycles. The Bertz CT molecular complexity index is 1360. The Morgan fingerprint density at radius 1 is 1.26 bits per heavy atom. The van der Waals surface area contributed by atoms with Crippen molar-refractivity contribution < 1.29 is 9.31 Å². The molecule has 0 saturated carbocycles. The molecule has 0 bridgehead atoms. The summed E-state index contributed by atoms with van der Waals surface area (Å²) in [4.78, 5) is 19.0. The molecule has 2 heterocycles. The van der Waals surface area contributed by atoms with Crippen molar-refractivity contribution in [1.29, 1.82) is 5.26 Å². The zero-order chi connectivity index (χ0) is 21.4. The summed E-state index contributed by atoms with van der Waals surface area (Å²) in [5.41, 5.74) is 3.15. The van der Waals surface area contributed by atoms with Crippen LogP contribution in [0, 0.1) is 34.2 Å². The molecule has 31 heavy (non-hydrogen) atoms. The van der Waals surface area contributed by atoms with Crippen molar-refractivity contribution in [2.24, 2.45) is 7.05 Å². The van der Waals surface area contributed by atoms with Gasteiger partial charge in [-0.1, -0.05) is 13.5 Å². The van der Waals surface area contributed by atoms with Crippen molar-refractivity contribution in [3.05, 3.63) is 75.9 Å². The number of fused-ring (bicyclic) bond motifs is 1. The maximum Gasteiger partial charge on any atom is 0.306 e. The molecule has 0 radical (unpaired) electrons. The Labute approximate surface area is 177 Å². The minimum Gasteiger partial charge on any atom is -0.350 e. The standard InChI is InChI=1S/C21H15FN6O2.CH4/c1-12-7-16(22)20(28(29)30)9-18(12)26-21-24-6-5-17(25-21)15-11-27(2)19-8-13(10-23)3-4-14(15)19;/h3-9,11H,1-2H3,(H,24,25,26);1H4. The molecular formula is C22H19FN6O2. The number of nitrogens with one attached hydrogen (secondary N) is 1. The number of aromatic nitrogens is 3. The average Bonchev–Trinajstić information content (AvgIpc) is 3.06. The predicted molar refractivity (Wildman–Crippen MR) is 116 cm³/mol. The van der Waals surface area contributed by atoms with E-state index in [-0.39, 0.29) is 13.4 Å². The van der Waals surface area contributed by atoms with Crippen molar-refractivity contribution in [3.63, 3.8) is 0 Å². The molecule has 4 aromatic rings. The van der Waals surface area contributed by atoms with E-state index in [9.17, 15) is 14.5 Å². The second-order valence-corrected chi connectivity index (χ2v) is 6.76. The highest BCUT2D eigenvalue weighted by Crippen LogP contribution is 2.31. The van der Waals surface area contributed by atoms with Gasteiger partial charge in [-0.3, -0.25) is 10.1 Å². The zero-order valence-corrected chi connectivity index (χ0v) is 16.0. The van der Waals surface area contributed by atoms with E-state index in [0.717, 1.165) is 28.6 Å². The van der Waals surface area contributed by atoms with Gasteiger partial charge in [0.1, 0.15) is 0 Å². The van der Waals surface area contributed by atoms with Crippen molar-refractivity contribution in [2.75, 3.05) is 5.32 Å². The number of aryl methyl sites for hydroxylation is 2. The molecule has 0 unspecified atom stereocenters. The molecule has 0 amide bonds. The van der Waals surface area contributed by atoms with Gasteiger partial charge >= 0.3 is 5.69 Å². The Hall–Kier alpha value is -4.32. The van der Waals surface area contributed by atoms with Gasteiger partial charge in [0, 0.05) is 42.0 Å². The molecule has 4 rings (SSSR count). The first-order valence-corrected chi connectivity index (χ1v) is 8.91. The third-order valence-corrected chi connectivity index (χ3v) is 4.79. The molecule has 9 heteroatoms. The van der Waals surface area contributed by atoms with Crippen LogP contribution in [0.25, 0.3) is 22.2 Å². The lowest BCUT2D eigenvalue weighted by Crippen LogP contribution is -2.02. The Balaban J connectivity index is 0.00000272. The number of nitrogens with zero attached hydrogens (tertiary/aromatic N) is 5. The summed E-state index contributed by atoms with van der Waals surface area (Å²) < 4.78 is 15.7. The maximum absolute atomic E-state index is 13.8. The highest BCUT2D eigenvalue weighted by molar-refractivity contribution is 5.95. The van der Waals surface area contributed by atoms with E-state index in [1.807, 2.05) is 23.9 Å². The summed E-state index contributed by atoms with van der Waals surface area (Å²) >= 11 is 0. The van der Waals surface area contributed by atoms with Crippen LogP contribution in [0.1, 0.15) is 18.6 Å². The van der Waals surface area contributed by atoms with Gasteiger partial charge in [0.15, 0.2) is 0 Å².